The van der Waals surface area contributed by atoms with Gasteiger partial charge in [-0.1, -0.05) is 48.5 Å². The summed E-state index contributed by atoms with van der Waals surface area (Å²) in [6.07, 6.45) is -6.23. The van der Waals surface area contributed by atoms with Gasteiger partial charge in [0.15, 0.2) is 6.61 Å². The number of hydrogen-bond donors (Lipinski definition) is 5. The Labute approximate surface area is 190 Å². The van der Waals surface area contributed by atoms with Crippen LogP contribution in [0.4, 0.5) is 0 Å². The second-order valence-electron chi connectivity index (χ2n) is 8.17. The molecule has 1 saturated heterocycles. The molecule has 0 spiro atoms. The van der Waals surface area contributed by atoms with E-state index in [1.165, 1.54) is 0 Å². The second kappa shape index (κ2) is 9.86. The molecular formula is C25H26O8. The first-order valence-corrected chi connectivity index (χ1v) is 10.6. The zero-order valence-electron chi connectivity index (χ0n) is 17.7. The summed E-state index contributed by atoms with van der Waals surface area (Å²) < 4.78 is 11.1. The fourth-order valence-corrected chi connectivity index (χ4v) is 4.18. The van der Waals surface area contributed by atoms with Crippen molar-refractivity contribution in [3.63, 3.8) is 0 Å². The van der Waals surface area contributed by atoms with E-state index in [1.54, 1.807) is 18.2 Å². The van der Waals surface area contributed by atoms with Crippen LogP contribution in [-0.2, 0) is 16.0 Å². The Balaban J connectivity index is 1.68. The van der Waals surface area contributed by atoms with Crippen LogP contribution in [0.15, 0.2) is 60.7 Å². The number of hydrogen-bond acceptors (Lipinski definition) is 7. The van der Waals surface area contributed by atoms with E-state index >= 15 is 0 Å². The molecule has 0 aromatic heterocycles. The van der Waals surface area contributed by atoms with Crippen LogP contribution in [0, 0.1) is 0 Å². The van der Waals surface area contributed by atoms with E-state index in [0.29, 0.717) is 12.0 Å². The van der Waals surface area contributed by atoms with Crippen LogP contribution in [-0.4, -0.2) is 69.1 Å². The molecule has 0 radical (unpaired) electrons. The SMILES string of the molecule is O=C(O)COc1ccc(Cc2cc3cccccc-3c2)cc1[C@@H]1O[C@H](CO)[C@@H](O)[C@H](O)[C@H]1O. The van der Waals surface area contributed by atoms with Gasteiger partial charge in [0.1, 0.15) is 36.3 Å². The van der Waals surface area contributed by atoms with Gasteiger partial charge in [0.25, 0.3) is 0 Å². The van der Waals surface area contributed by atoms with Gasteiger partial charge in [-0.3, -0.25) is 0 Å². The highest BCUT2D eigenvalue weighted by atomic mass is 16.5. The van der Waals surface area contributed by atoms with Crippen molar-refractivity contribution in [3.05, 3.63) is 77.4 Å². The Kier molecular flexibility index (Phi) is 6.92. The normalized spacial score (nSPS) is 25.2. The lowest BCUT2D eigenvalue weighted by Crippen LogP contribution is -2.55. The highest BCUT2D eigenvalue weighted by Crippen LogP contribution is 2.38. The summed E-state index contributed by atoms with van der Waals surface area (Å²) in [6, 6.07) is 19.2. The quantitative estimate of drug-likeness (QED) is 0.361. The summed E-state index contributed by atoms with van der Waals surface area (Å²) in [7, 11) is 0. The molecule has 0 amide bonds. The second-order valence-corrected chi connectivity index (χ2v) is 8.17. The lowest BCUT2D eigenvalue weighted by atomic mass is 9.89. The van der Waals surface area contributed by atoms with Gasteiger partial charge in [-0.25, -0.2) is 4.79 Å². The Morgan fingerprint density at radius 2 is 1.58 bits per heavy atom. The maximum Gasteiger partial charge on any atom is 0.341 e. The molecule has 1 heterocycles. The van der Waals surface area contributed by atoms with Crippen LogP contribution in [0.5, 0.6) is 5.75 Å². The summed E-state index contributed by atoms with van der Waals surface area (Å²) in [4.78, 5) is 11.0. The fourth-order valence-electron chi connectivity index (χ4n) is 4.18. The smallest absolute Gasteiger partial charge is 0.341 e. The van der Waals surface area contributed by atoms with Crippen molar-refractivity contribution in [2.45, 2.75) is 36.9 Å². The fraction of sp³-hybridized carbons (Fsp3) is 0.320. The minimum atomic E-state index is -1.56. The number of carbonyl (C=O) groups is 1. The first-order chi connectivity index (χ1) is 15.9. The van der Waals surface area contributed by atoms with Crippen LogP contribution < -0.4 is 4.74 Å². The van der Waals surface area contributed by atoms with E-state index in [0.717, 1.165) is 22.3 Å². The minimum Gasteiger partial charge on any atom is -0.482 e. The summed E-state index contributed by atoms with van der Waals surface area (Å²) in [5.41, 5.74) is 4.45. The average Bonchev–Trinajstić information content (AvgIpc) is 3.04. The van der Waals surface area contributed by atoms with Gasteiger partial charge in [0.05, 0.1) is 6.61 Å². The molecule has 2 aliphatic carbocycles. The Hall–Kier alpha value is -3.01. The minimum absolute atomic E-state index is 0.171. The van der Waals surface area contributed by atoms with Crippen LogP contribution >= 0.6 is 0 Å². The van der Waals surface area contributed by atoms with Crippen LogP contribution in [0.1, 0.15) is 22.8 Å². The first-order valence-electron chi connectivity index (χ1n) is 10.6. The third-order valence-corrected chi connectivity index (χ3v) is 5.82. The molecule has 0 unspecified atom stereocenters. The number of aliphatic hydroxyl groups excluding tert-OH is 4. The van der Waals surface area contributed by atoms with Gasteiger partial charge in [0, 0.05) is 5.56 Å². The monoisotopic (exact) mass is 454 g/mol. The maximum absolute atomic E-state index is 11.0. The highest BCUT2D eigenvalue weighted by molar-refractivity contribution is 5.69. The average molecular weight is 454 g/mol. The number of aliphatic carboxylic acids is 1. The molecule has 1 aliphatic heterocycles. The summed E-state index contributed by atoms with van der Waals surface area (Å²) >= 11 is 0. The number of rotatable bonds is 7. The van der Waals surface area contributed by atoms with E-state index in [1.807, 2.05) is 30.3 Å². The van der Waals surface area contributed by atoms with Gasteiger partial charge in [-0.2, -0.15) is 0 Å². The van der Waals surface area contributed by atoms with E-state index in [9.17, 15) is 25.2 Å². The van der Waals surface area contributed by atoms with Crippen LogP contribution in [0.25, 0.3) is 11.1 Å². The van der Waals surface area contributed by atoms with Gasteiger partial charge in [-0.15, -0.1) is 0 Å². The number of carboxylic acid groups (broad SMARTS) is 1. The Morgan fingerprint density at radius 3 is 2.21 bits per heavy atom. The molecule has 8 nitrogen and oxygen atoms in total. The van der Waals surface area contributed by atoms with E-state index in [4.69, 9.17) is 14.6 Å². The molecule has 8 heteroatoms. The van der Waals surface area contributed by atoms with Crippen molar-refractivity contribution in [2.24, 2.45) is 0 Å². The molecule has 1 fully saturated rings. The third-order valence-electron chi connectivity index (χ3n) is 5.82. The van der Waals surface area contributed by atoms with Crippen molar-refractivity contribution in [1.29, 1.82) is 0 Å². The lowest BCUT2D eigenvalue weighted by Gasteiger charge is -2.40. The van der Waals surface area contributed by atoms with E-state index in [2.05, 4.69) is 12.1 Å². The maximum atomic E-state index is 11.0. The first kappa shape index (κ1) is 23.2. The predicted molar refractivity (Wildman–Crippen MR) is 118 cm³/mol. The van der Waals surface area contributed by atoms with Gasteiger partial charge in [-0.05, 0) is 40.8 Å². The predicted octanol–water partition coefficient (Wildman–Crippen LogP) is 1.36. The van der Waals surface area contributed by atoms with E-state index < -0.39 is 49.7 Å². The molecule has 0 bridgehead atoms. The third kappa shape index (κ3) is 5.00. The number of carboxylic acids is 1. The standard InChI is InChI=1S/C25H26O8/c26-12-20-22(29)23(30)24(31)25(33-20)18-11-14(6-7-19(18)32-13-21(27)28)8-15-9-16-4-2-1-3-5-17(16)10-15/h1-7,9-11,20,22-26,29-31H,8,12-13H2,(H,27,28)/t20-,22-,23+,24-,25+/m1/s1. The number of fused-ring (bicyclic) bond motifs is 1. The summed E-state index contributed by atoms with van der Waals surface area (Å²) in [5, 5.41) is 49.4. The number of benzene rings is 1. The molecule has 4 rings (SSSR count). The summed E-state index contributed by atoms with van der Waals surface area (Å²) in [6.45, 7) is -1.17. The Bertz CT molecular complexity index is 1050. The van der Waals surface area contributed by atoms with Gasteiger partial charge < -0.3 is 35.0 Å². The Morgan fingerprint density at radius 1 is 0.879 bits per heavy atom. The van der Waals surface area contributed by atoms with Crippen molar-refractivity contribution in [3.8, 4) is 16.9 Å². The molecule has 5 atom stereocenters. The van der Waals surface area contributed by atoms with Crippen molar-refractivity contribution >= 4 is 5.97 Å². The summed E-state index contributed by atoms with van der Waals surface area (Å²) in [5.74, 6) is -0.999. The molecule has 1 aromatic rings. The molecule has 174 valence electrons. The van der Waals surface area contributed by atoms with Crippen molar-refractivity contribution in [2.75, 3.05) is 13.2 Å². The van der Waals surface area contributed by atoms with Gasteiger partial charge in [0.2, 0.25) is 0 Å². The van der Waals surface area contributed by atoms with Crippen molar-refractivity contribution in [1.82, 2.24) is 0 Å². The number of ether oxygens (including phenoxy) is 2. The molecular weight excluding hydrogens is 428 g/mol. The highest BCUT2D eigenvalue weighted by Gasteiger charge is 2.44. The molecule has 5 N–H and O–H groups in total. The van der Waals surface area contributed by atoms with E-state index in [-0.39, 0.29) is 5.75 Å². The molecule has 33 heavy (non-hydrogen) atoms. The topological polar surface area (TPSA) is 137 Å². The molecule has 1 aromatic carbocycles. The van der Waals surface area contributed by atoms with Gasteiger partial charge >= 0.3 is 5.97 Å². The zero-order valence-corrected chi connectivity index (χ0v) is 17.7. The molecule has 0 saturated carbocycles. The van der Waals surface area contributed by atoms with Crippen LogP contribution in [0.3, 0.4) is 0 Å². The molecule has 3 aliphatic rings. The van der Waals surface area contributed by atoms with Crippen molar-refractivity contribution < 1.29 is 39.8 Å². The van der Waals surface area contributed by atoms with Crippen LogP contribution in [0.2, 0.25) is 0 Å². The zero-order chi connectivity index (χ0) is 23.5. The largest absolute Gasteiger partial charge is 0.482 e. The number of aliphatic hydroxyl groups is 4. The lowest BCUT2D eigenvalue weighted by molar-refractivity contribution is -0.232.